The molecule has 1 fully saturated rings. The van der Waals surface area contributed by atoms with Crippen LogP contribution >= 0.6 is 0 Å². The highest BCUT2D eigenvalue weighted by atomic mass is 19.4. The molecule has 1 unspecified atom stereocenters. The summed E-state index contributed by atoms with van der Waals surface area (Å²) in [5, 5.41) is 3.33. The van der Waals surface area contributed by atoms with Gasteiger partial charge in [0.1, 0.15) is 5.75 Å². The maximum absolute atomic E-state index is 12.8. The summed E-state index contributed by atoms with van der Waals surface area (Å²) in [6.07, 6.45) is -3.50. The van der Waals surface area contributed by atoms with Crippen LogP contribution in [0.2, 0.25) is 0 Å². The number of ether oxygens (including phenoxy) is 1. The molecule has 1 aromatic rings. The summed E-state index contributed by atoms with van der Waals surface area (Å²) in [5.41, 5.74) is 0.234. The molecule has 2 heterocycles. The van der Waals surface area contributed by atoms with Crippen molar-refractivity contribution in [2.24, 2.45) is 0 Å². The van der Waals surface area contributed by atoms with Gasteiger partial charge < -0.3 is 10.1 Å². The Bertz CT molecular complexity index is 518. The van der Waals surface area contributed by atoms with Crippen molar-refractivity contribution in [2.75, 3.05) is 26.2 Å². The Morgan fingerprint density at radius 1 is 1.33 bits per heavy atom. The van der Waals surface area contributed by atoms with E-state index in [1.807, 2.05) is 0 Å². The Kier molecular flexibility index (Phi) is 3.84. The number of hydrogen-bond acceptors (Lipinski definition) is 3. The minimum absolute atomic E-state index is 0.146. The van der Waals surface area contributed by atoms with Gasteiger partial charge in [0.05, 0.1) is 12.2 Å². The zero-order valence-corrected chi connectivity index (χ0v) is 11.9. The third-order valence-corrected chi connectivity index (χ3v) is 4.30. The lowest BCUT2D eigenvalue weighted by Gasteiger charge is -2.42. The molecule has 2 aliphatic heterocycles. The molecule has 0 spiro atoms. The van der Waals surface area contributed by atoms with Crippen LogP contribution in [0.25, 0.3) is 0 Å². The normalized spacial score (nSPS) is 27.0. The van der Waals surface area contributed by atoms with Crippen LogP contribution in [-0.4, -0.2) is 37.2 Å². The van der Waals surface area contributed by atoms with Gasteiger partial charge in [0.15, 0.2) is 0 Å². The Morgan fingerprint density at radius 3 is 2.86 bits per heavy atom. The van der Waals surface area contributed by atoms with Gasteiger partial charge in [-0.15, -0.1) is 0 Å². The number of nitrogens with one attached hydrogen (secondary N) is 1. The molecule has 2 aliphatic rings. The first-order chi connectivity index (χ1) is 9.97. The van der Waals surface area contributed by atoms with Crippen LogP contribution in [0.1, 0.15) is 30.5 Å². The summed E-state index contributed by atoms with van der Waals surface area (Å²) in [6, 6.07) is 4.39. The number of fused-ring (bicyclic) bond motifs is 1. The molecule has 0 amide bonds. The molecule has 1 saturated heterocycles. The molecule has 0 aromatic heterocycles. The van der Waals surface area contributed by atoms with Crippen LogP contribution in [0, 0.1) is 0 Å². The van der Waals surface area contributed by atoms with Crippen LogP contribution in [0.3, 0.4) is 0 Å². The van der Waals surface area contributed by atoms with Crippen LogP contribution in [0.15, 0.2) is 18.2 Å². The van der Waals surface area contributed by atoms with Crippen LogP contribution in [0.4, 0.5) is 13.2 Å². The highest BCUT2D eigenvalue weighted by molar-refractivity contribution is 5.42. The van der Waals surface area contributed by atoms with E-state index < -0.39 is 11.7 Å². The van der Waals surface area contributed by atoms with Gasteiger partial charge in [-0.25, -0.2) is 0 Å². The number of hydrogen-bond donors (Lipinski definition) is 1. The Hall–Kier alpha value is -1.27. The molecule has 0 bridgehead atoms. The second kappa shape index (κ2) is 5.50. The summed E-state index contributed by atoms with van der Waals surface area (Å²) < 4.78 is 43.9. The summed E-state index contributed by atoms with van der Waals surface area (Å²) >= 11 is 0. The maximum Gasteiger partial charge on any atom is 0.416 e. The molecule has 21 heavy (non-hydrogen) atoms. The van der Waals surface area contributed by atoms with E-state index >= 15 is 0 Å². The topological polar surface area (TPSA) is 24.5 Å². The summed E-state index contributed by atoms with van der Waals surface area (Å²) in [7, 11) is 0. The van der Waals surface area contributed by atoms with Crippen LogP contribution in [-0.2, 0) is 6.18 Å². The molecule has 3 rings (SSSR count). The number of benzene rings is 1. The molecule has 2 atom stereocenters. The van der Waals surface area contributed by atoms with Gasteiger partial charge in [0.25, 0.3) is 0 Å². The molecular formula is C15H19F3N2O. The van der Waals surface area contributed by atoms with E-state index in [2.05, 4.69) is 17.1 Å². The van der Waals surface area contributed by atoms with Crippen molar-refractivity contribution < 1.29 is 17.9 Å². The molecule has 0 aliphatic carbocycles. The Morgan fingerprint density at radius 2 is 2.14 bits per heavy atom. The minimum Gasteiger partial charge on any atom is -0.493 e. The van der Waals surface area contributed by atoms with Crippen LogP contribution < -0.4 is 10.1 Å². The number of halogens is 3. The first-order valence-corrected chi connectivity index (χ1v) is 7.27. The van der Waals surface area contributed by atoms with Crippen molar-refractivity contribution >= 4 is 0 Å². The molecule has 1 aromatic carbocycles. The number of rotatable bonds is 1. The molecule has 116 valence electrons. The maximum atomic E-state index is 12.8. The lowest BCUT2D eigenvalue weighted by atomic mass is 9.95. The highest BCUT2D eigenvalue weighted by Crippen LogP contribution is 2.40. The SMILES string of the molecule is C[C@H]1CNCCN1C1CCOc2cc(C(F)(F)F)ccc21. The average Bonchev–Trinajstić information content (AvgIpc) is 2.46. The Labute approximate surface area is 122 Å². The zero-order chi connectivity index (χ0) is 15.0. The van der Waals surface area contributed by atoms with Gasteiger partial charge in [-0.1, -0.05) is 6.07 Å². The van der Waals surface area contributed by atoms with E-state index in [-0.39, 0.29) is 6.04 Å². The van der Waals surface area contributed by atoms with Crippen molar-refractivity contribution in [2.45, 2.75) is 31.6 Å². The molecular weight excluding hydrogens is 281 g/mol. The van der Waals surface area contributed by atoms with Crippen molar-refractivity contribution in [1.82, 2.24) is 10.2 Å². The minimum atomic E-state index is -4.33. The zero-order valence-electron chi connectivity index (χ0n) is 11.9. The predicted octanol–water partition coefficient (Wildman–Crippen LogP) is 2.82. The van der Waals surface area contributed by atoms with Gasteiger partial charge in [-0.2, -0.15) is 13.2 Å². The van der Waals surface area contributed by atoms with E-state index in [1.165, 1.54) is 0 Å². The van der Waals surface area contributed by atoms with Gasteiger partial charge in [0.2, 0.25) is 0 Å². The smallest absolute Gasteiger partial charge is 0.416 e. The number of alkyl halides is 3. The summed E-state index contributed by atoms with van der Waals surface area (Å²) in [4.78, 5) is 2.37. The van der Waals surface area contributed by atoms with Crippen molar-refractivity contribution in [3.63, 3.8) is 0 Å². The molecule has 1 N–H and O–H groups in total. The van der Waals surface area contributed by atoms with Crippen molar-refractivity contribution in [1.29, 1.82) is 0 Å². The van der Waals surface area contributed by atoms with Gasteiger partial charge in [-0.05, 0) is 19.1 Å². The Balaban J connectivity index is 1.91. The monoisotopic (exact) mass is 300 g/mol. The third kappa shape index (κ3) is 2.87. The highest BCUT2D eigenvalue weighted by Gasteiger charge is 2.35. The largest absolute Gasteiger partial charge is 0.493 e. The van der Waals surface area contributed by atoms with E-state index in [1.54, 1.807) is 6.07 Å². The fourth-order valence-electron chi connectivity index (χ4n) is 3.21. The molecule has 0 saturated carbocycles. The lowest BCUT2D eigenvalue weighted by Crippen LogP contribution is -2.51. The average molecular weight is 300 g/mol. The van der Waals surface area contributed by atoms with Gasteiger partial charge >= 0.3 is 6.18 Å². The quantitative estimate of drug-likeness (QED) is 0.863. The summed E-state index contributed by atoms with van der Waals surface area (Å²) in [5.74, 6) is 0.381. The van der Waals surface area contributed by atoms with Crippen molar-refractivity contribution in [3.8, 4) is 5.75 Å². The van der Waals surface area contributed by atoms with E-state index in [4.69, 9.17) is 4.74 Å². The second-order valence-corrected chi connectivity index (χ2v) is 5.69. The van der Waals surface area contributed by atoms with Gasteiger partial charge in [0, 0.05) is 43.7 Å². The lowest BCUT2D eigenvalue weighted by molar-refractivity contribution is -0.137. The van der Waals surface area contributed by atoms with Crippen molar-refractivity contribution in [3.05, 3.63) is 29.3 Å². The number of piperazine rings is 1. The predicted molar refractivity (Wildman–Crippen MR) is 73.3 cm³/mol. The molecule has 6 heteroatoms. The number of nitrogens with zero attached hydrogens (tertiary/aromatic N) is 1. The van der Waals surface area contributed by atoms with E-state index in [0.717, 1.165) is 43.8 Å². The third-order valence-electron chi connectivity index (χ3n) is 4.30. The fourth-order valence-corrected chi connectivity index (χ4v) is 3.21. The van der Waals surface area contributed by atoms with E-state index in [0.29, 0.717) is 18.4 Å². The first kappa shape index (κ1) is 14.7. The van der Waals surface area contributed by atoms with Crippen LogP contribution in [0.5, 0.6) is 5.75 Å². The van der Waals surface area contributed by atoms with E-state index in [9.17, 15) is 13.2 Å². The van der Waals surface area contributed by atoms with Gasteiger partial charge in [-0.3, -0.25) is 4.90 Å². The summed E-state index contributed by atoms with van der Waals surface area (Å²) in [6.45, 7) is 5.35. The fraction of sp³-hybridized carbons (Fsp3) is 0.600. The molecule has 3 nitrogen and oxygen atoms in total. The first-order valence-electron chi connectivity index (χ1n) is 7.27. The second-order valence-electron chi connectivity index (χ2n) is 5.69. The molecule has 0 radical (unpaired) electrons. The standard InChI is InChI=1S/C15H19F3N2O/c1-10-9-19-5-6-20(10)13-4-7-21-14-8-11(15(16,17)18)2-3-12(13)14/h2-3,8,10,13,19H,4-7,9H2,1H3/t10-,13?/m0/s1.